The van der Waals surface area contributed by atoms with E-state index in [0.29, 0.717) is 0 Å². The van der Waals surface area contributed by atoms with Gasteiger partial charge in [-0.05, 0) is 41.8 Å². The van der Waals surface area contributed by atoms with Crippen molar-refractivity contribution in [3.8, 4) is 17.2 Å². The number of nitrogens with zero attached hydrogens (tertiary/aromatic N) is 3. The fraction of sp³-hybridized carbons (Fsp3) is 0.273. The number of anilines is 3. The summed E-state index contributed by atoms with van der Waals surface area (Å²) in [5, 5.41) is 3.32. The van der Waals surface area contributed by atoms with Crippen LogP contribution in [0.15, 0.2) is 48.8 Å². The molecule has 0 unspecified atom stereocenters. The van der Waals surface area contributed by atoms with Gasteiger partial charge in [-0.3, -0.25) is 0 Å². The maximum absolute atomic E-state index is 5.46. The number of nitrogens with one attached hydrogen (secondary N) is 1. The number of hydrogen-bond acceptors (Lipinski definition) is 7. The van der Waals surface area contributed by atoms with Crippen molar-refractivity contribution in [1.29, 1.82) is 0 Å². The maximum Gasteiger partial charge on any atom is 0.161 e. The molecule has 2 aromatic carbocycles. The van der Waals surface area contributed by atoms with Gasteiger partial charge < -0.3 is 24.4 Å². The zero-order chi connectivity index (χ0) is 20.2. The SMILES string of the molecule is COc1ccccc1Nc1cc(N2CCc3cc(OC)c(OC)cc3C2)ncn1. The smallest absolute Gasteiger partial charge is 0.161 e. The van der Waals surface area contributed by atoms with E-state index in [-0.39, 0.29) is 0 Å². The van der Waals surface area contributed by atoms with E-state index >= 15 is 0 Å². The molecule has 0 spiro atoms. The Morgan fingerprint density at radius 2 is 1.59 bits per heavy atom. The second kappa shape index (κ2) is 8.26. The lowest BCUT2D eigenvalue weighted by molar-refractivity contribution is 0.353. The molecule has 150 valence electrons. The molecule has 1 aromatic heterocycles. The Morgan fingerprint density at radius 1 is 0.862 bits per heavy atom. The van der Waals surface area contributed by atoms with Gasteiger partial charge in [-0.15, -0.1) is 0 Å². The summed E-state index contributed by atoms with van der Waals surface area (Å²) >= 11 is 0. The third-order valence-corrected chi connectivity index (χ3v) is 5.06. The van der Waals surface area contributed by atoms with Crippen LogP contribution < -0.4 is 24.4 Å². The lowest BCUT2D eigenvalue weighted by Gasteiger charge is -2.30. The monoisotopic (exact) mass is 392 g/mol. The third-order valence-electron chi connectivity index (χ3n) is 5.06. The Bertz CT molecular complexity index is 1010. The number of fused-ring (bicyclic) bond motifs is 1. The fourth-order valence-corrected chi connectivity index (χ4v) is 3.55. The van der Waals surface area contributed by atoms with Gasteiger partial charge in [0.1, 0.15) is 23.7 Å². The summed E-state index contributed by atoms with van der Waals surface area (Å²) in [6.45, 7) is 1.62. The van der Waals surface area contributed by atoms with Crippen LogP contribution in [0.3, 0.4) is 0 Å². The normalized spacial score (nSPS) is 12.9. The third kappa shape index (κ3) is 3.89. The number of rotatable bonds is 6. The Hall–Kier alpha value is -3.48. The van der Waals surface area contributed by atoms with Gasteiger partial charge in [0.2, 0.25) is 0 Å². The van der Waals surface area contributed by atoms with Gasteiger partial charge in [0.25, 0.3) is 0 Å². The van der Waals surface area contributed by atoms with Gasteiger partial charge in [0.15, 0.2) is 11.5 Å². The molecular formula is C22H24N4O3. The Labute approximate surface area is 170 Å². The summed E-state index contributed by atoms with van der Waals surface area (Å²) in [5.41, 5.74) is 3.35. The molecule has 0 saturated heterocycles. The predicted octanol–water partition coefficient (Wildman–Crippen LogP) is 3.81. The van der Waals surface area contributed by atoms with E-state index in [1.165, 1.54) is 11.1 Å². The van der Waals surface area contributed by atoms with Crippen molar-refractivity contribution in [3.63, 3.8) is 0 Å². The first-order valence-electron chi connectivity index (χ1n) is 9.42. The summed E-state index contributed by atoms with van der Waals surface area (Å²) in [6, 6.07) is 13.8. The quantitative estimate of drug-likeness (QED) is 0.684. The van der Waals surface area contributed by atoms with Gasteiger partial charge in [-0.2, -0.15) is 0 Å². The molecule has 0 atom stereocenters. The van der Waals surface area contributed by atoms with Crippen molar-refractivity contribution in [2.75, 3.05) is 38.1 Å². The van der Waals surface area contributed by atoms with Crippen LogP contribution in [0.25, 0.3) is 0 Å². The summed E-state index contributed by atoms with van der Waals surface area (Å²) < 4.78 is 16.3. The molecular weight excluding hydrogens is 368 g/mol. The van der Waals surface area contributed by atoms with E-state index in [9.17, 15) is 0 Å². The highest BCUT2D eigenvalue weighted by atomic mass is 16.5. The van der Waals surface area contributed by atoms with Crippen LogP contribution in [0.5, 0.6) is 17.2 Å². The van der Waals surface area contributed by atoms with Gasteiger partial charge >= 0.3 is 0 Å². The summed E-state index contributed by atoms with van der Waals surface area (Å²) in [7, 11) is 4.97. The van der Waals surface area contributed by atoms with Crippen LogP contribution in [0.1, 0.15) is 11.1 Å². The lowest BCUT2D eigenvalue weighted by atomic mass is 9.99. The molecule has 4 rings (SSSR count). The van der Waals surface area contributed by atoms with Crippen LogP contribution >= 0.6 is 0 Å². The zero-order valence-electron chi connectivity index (χ0n) is 16.8. The molecule has 0 fully saturated rings. The van der Waals surface area contributed by atoms with Crippen LogP contribution in [0.4, 0.5) is 17.3 Å². The second-order valence-corrected chi connectivity index (χ2v) is 6.73. The highest BCUT2D eigenvalue weighted by molar-refractivity contribution is 5.65. The number of aromatic nitrogens is 2. The van der Waals surface area contributed by atoms with Crippen molar-refractivity contribution < 1.29 is 14.2 Å². The first kappa shape index (κ1) is 18.9. The van der Waals surface area contributed by atoms with Crippen molar-refractivity contribution in [2.45, 2.75) is 13.0 Å². The predicted molar refractivity (Wildman–Crippen MR) is 113 cm³/mol. The highest BCUT2D eigenvalue weighted by Crippen LogP contribution is 2.34. The van der Waals surface area contributed by atoms with Crippen LogP contribution in [0.2, 0.25) is 0 Å². The number of benzene rings is 2. The number of hydrogen-bond donors (Lipinski definition) is 1. The van der Waals surface area contributed by atoms with Crippen LogP contribution in [-0.2, 0) is 13.0 Å². The Balaban J connectivity index is 1.56. The molecule has 0 bridgehead atoms. The summed E-state index contributed by atoms with van der Waals surface area (Å²) in [5.74, 6) is 3.87. The Morgan fingerprint density at radius 3 is 2.34 bits per heavy atom. The second-order valence-electron chi connectivity index (χ2n) is 6.73. The molecule has 3 aromatic rings. The molecule has 0 radical (unpaired) electrons. The van der Waals surface area contributed by atoms with E-state index in [2.05, 4.69) is 32.3 Å². The average molecular weight is 392 g/mol. The molecule has 7 nitrogen and oxygen atoms in total. The van der Waals surface area contributed by atoms with Crippen LogP contribution in [0, 0.1) is 0 Å². The van der Waals surface area contributed by atoms with Gasteiger partial charge in [-0.25, -0.2) is 9.97 Å². The molecule has 1 aliphatic heterocycles. The molecule has 1 aliphatic rings. The van der Waals surface area contributed by atoms with E-state index in [4.69, 9.17) is 14.2 Å². The number of ether oxygens (including phenoxy) is 3. The molecule has 7 heteroatoms. The van der Waals surface area contributed by atoms with Gasteiger partial charge in [-0.1, -0.05) is 12.1 Å². The molecule has 0 amide bonds. The zero-order valence-corrected chi connectivity index (χ0v) is 16.8. The van der Waals surface area contributed by atoms with Crippen LogP contribution in [-0.4, -0.2) is 37.8 Å². The first-order chi connectivity index (χ1) is 14.2. The lowest BCUT2D eigenvalue weighted by Crippen LogP contribution is -2.31. The first-order valence-corrected chi connectivity index (χ1v) is 9.42. The minimum Gasteiger partial charge on any atom is -0.495 e. The number of para-hydroxylation sites is 2. The maximum atomic E-state index is 5.46. The van der Waals surface area contributed by atoms with Crippen molar-refractivity contribution >= 4 is 17.3 Å². The number of methoxy groups -OCH3 is 3. The van der Waals surface area contributed by atoms with Crippen molar-refractivity contribution in [2.24, 2.45) is 0 Å². The minimum absolute atomic E-state index is 0.720. The molecule has 0 saturated carbocycles. The van der Waals surface area contributed by atoms with Gasteiger partial charge in [0, 0.05) is 19.2 Å². The minimum atomic E-state index is 0.720. The summed E-state index contributed by atoms with van der Waals surface area (Å²) in [6.07, 6.45) is 2.49. The van der Waals surface area contributed by atoms with E-state index in [1.54, 1.807) is 27.7 Å². The van der Waals surface area contributed by atoms with Crippen molar-refractivity contribution in [3.05, 3.63) is 59.9 Å². The van der Waals surface area contributed by atoms with Crippen molar-refractivity contribution in [1.82, 2.24) is 9.97 Å². The van der Waals surface area contributed by atoms with E-state index in [1.807, 2.05) is 30.3 Å². The highest BCUT2D eigenvalue weighted by Gasteiger charge is 2.21. The fourth-order valence-electron chi connectivity index (χ4n) is 3.55. The largest absolute Gasteiger partial charge is 0.495 e. The molecule has 29 heavy (non-hydrogen) atoms. The van der Waals surface area contributed by atoms with E-state index < -0.39 is 0 Å². The molecule has 2 heterocycles. The summed E-state index contributed by atoms with van der Waals surface area (Å²) in [4.78, 5) is 11.1. The van der Waals surface area contributed by atoms with E-state index in [0.717, 1.165) is 54.1 Å². The molecule has 1 N–H and O–H groups in total. The Kier molecular flexibility index (Phi) is 5.37. The topological polar surface area (TPSA) is 68.7 Å². The average Bonchev–Trinajstić information content (AvgIpc) is 2.78. The molecule has 0 aliphatic carbocycles. The van der Waals surface area contributed by atoms with Gasteiger partial charge in [0.05, 0.1) is 27.0 Å². The standard InChI is InChI=1S/C22H24N4O3/c1-27-18-7-5-4-6-17(18)25-21-12-22(24-14-23-21)26-9-8-15-10-19(28-2)20(29-3)11-16(15)13-26/h4-7,10-12,14H,8-9,13H2,1-3H3,(H,23,24,25).